The molecule has 0 aromatic carbocycles. The first-order valence-electron chi connectivity index (χ1n) is 16.2. The number of ether oxygens (including phenoxy) is 3. The van der Waals surface area contributed by atoms with E-state index < -0.39 is 109 Å². The minimum atomic E-state index is -1.73. The predicted molar refractivity (Wildman–Crippen MR) is 159 cm³/mol. The van der Waals surface area contributed by atoms with Gasteiger partial charge in [0.2, 0.25) is 0 Å². The van der Waals surface area contributed by atoms with Gasteiger partial charge in [0.15, 0.2) is 6.29 Å². The van der Waals surface area contributed by atoms with E-state index in [1.165, 1.54) is 0 Å². The number of hydrogen-bond acceptors (Lipinski definition) is 17. The van der Waals surface area contributed by atoms with E-state index in [1.54, 1.807) is 0 Å². The third-order valence-electron chi connectivity index (χ3n) is 10.6. The molecule has 19 N–H and O–H groups in total. The lowest BCUT2D eigenvalue weighted by Crippen LogP contribution is -2.73. The molecular weight excluding hydrogens is 610 g/mol. The summed E-state index contributed by atoms with van der Waals surface area (Å²) in [5.41, 5.74) is 28.5. The van der Waals surface area contributed by atoms with Crippen molar-refractivity contribution in [3.63, 3.8) is 0 Å². The van der Waals surface area contributed by atoms with Gasteiger partial charge >= 0.3 is 0 Å². The van der Waals surface area contributed by atoms with Crippen LogP contribution >= 0.6 is 0 Å². The lowest BCUT2D eigenvalue weighted by molar-refractivity contribution is -0.308. The van der Waals surface area contributed by atoms with E-state index in [0.717, 1.165) is 12.8 Å². The Morgan fingerprint density at radius 2 is 1.54 bits per heavy atom. The molecule has 3 saturated carbocycles. The maximum atomic E-state index is 13.2. The Morgan fingerprint density at radius 3 is 2.13 bits per heavy atom. The number of aliphatic hydroxyl groups excluding tert-OH is 6. The van der Waals surface area contributed by atoms with Crippen LogP contribution in [0, 0.1) is 11.8 Å². The predicted octanol–water partition coefficient (Wildman–Crippen LogP) is -7.67. The molecule has 0 spiro atoms. The molecule has 2 aliphatic heterocycles. The first-order chi connectivity index (χ1) is 21.7. The summed E-state index contributed by atoms with van der Waals surface area (Å²) in [4.78, 5) is 13.2. The van der Waals surface area contributed by atoms with Crippen LogP contribution in [0.1, 0.15) is 32.1 Å². The number of nitrogens with two attached hydrogens (primary N) is 5. The third-order valence-corrected chi connectivity index (χ3v) is 10.6. The van der Waals surface area contributed by atoms with E-state index in [9.17, 15) is 40.5 Å². The molecule has 0 aromatic heterocycles. The molecule has 0 aromatic rings. The van der Waals surface area contributed by atoms with Gasteiger partial charge in [0.05, 0.1) is 43.0 Å². The number of hydrogen-bond donors (Lipinski definition) is 14. The smallest absolute Gasteiger partial charge is 0.252 e. The molecule has 46 heavy (non-hydrogen) atoms. The minimum absolute atomic E-state index is 0.0167. The molecule has 18 heteroatoms. The lowest BCUT2D eigenvalue weighted by atomic mass is 9.70. The van der Waals surface area contributed by atoms with E-state index in [4.69, 9.17) is 42.9 Å². The van der Waals surface area contributed by atoms with Crippen LogP contribution in [0.2, 0.25) is 0 Å². The molecule has 0 radical (unpaired) electrons. The van der Waals surface area contributed by atoms with Crippen LogP contribution in [0.3, 0.4) is 0 Å². The van der Waals surface area contributed by atoms with Gasteiger partial charge in [-0.05, 0) is 31.7 Å². The molecule has 5 fully saturated rings. The number of carbonyl (C=O) groups is 1. The van der Waals surface area contributed by atoms with Crippen LogP contribution in [-0.2, 0) is 19.0 Å². The average Bonchev–Trinajstić information content (AvgIpc) is 2.98. The fourth-order valence-electron chi connectivity index (χ4n) is 7.74. The Kier molecular flexibility index (Phi) is 11.3. The second-order valence-corrected chi connectivity index (χ2v) is 14.0. The quantitative estimate of drug-likeness (QED) is 0.103. The summed E-state index contributed by atoms with van der Waals surface area (Å²) in [7, 11) is 0. The fourth-order valence-corrected chi connectivity index (χ4v) is 7.74. The van der Waals surface area contributed by atoms with Crippen molar-refractivity contribution in [2.24, 2.45) is 40.5 Å². The fraction of sp³-hybridized carbons (Fsp3) is 0.964. The summed E-state index contributed by atoms with van der Waals surface area (Å²) in [6, 6.07) is -4.36. The molecule has 5 rings (SSSR count). The highest BCUT2D eigenvalue weighted by molar-refractivity contribution is 5.86. The van der Waals surface area contributed by atoms with E-state index in [2.05, 4.69) is 10.6 Å². The van der Waals surface area contributed by atoms with Gasteiger partial charge in [-0.2, -0.15) is 0 Å². The van der Waals surface area contributed by atoms with E-state index >= 15 is 0 Å². The number of aliphatic hydroxyl groups is 7. The zero-order valence-corrected chi connectivity index (χ0v) is 25.7. The highest BCUT2D eigenvalue weighted by Crippen LogP contribution is 2.39. The van der Waals surface area contributed by atoms with Gasteiger partial charge in [-0.3, -0.25) is 4.79 Å². The Balaban J connectivity index is 1.42. The van der Waals surface area contributed by atoms with Crippen LogP contribution in [0.25, 0.3) is 0 Å². The zero-order chi connectivity index (χ0) is 33.7. The van der Waals surface area contributed by atoms with E-state index in [-0.39, 0.29) is 43.8 Å². The molecule has 18 nitrogen and oxygen atoms in total. The van der Waals surface area contributed by atoms with Crippen molar-refractivity contribution in [2.75, 3.05) is 19.7 Å². The summed E-state index contributed by atoms with van der Waals surface area (Å²) in [5.74, 6) is -1.49. The van der Waals surface area contributed by atoms with Gasteiger partial charge in [-0.1, -0.05) is 0 Å². The molecule has 2 heterocycles. The number of rotatable bonds is 10. The van der Waals surface area contributed by atoms with Crippen molar-refractivity contribution in [3.05, 3.63) is 0 Å². The maximum absolute atomic E-state index is 13.2. The Hall–Kier alpha value is -1.17. The van der Waals surface area contributed by atoms with Crippen molar-refractivity contribution < 1.29 is 54.8 Å². The molecule has 15 atom stereocenters. The summed E-state index contributed by atoms with van der Waals surface area (Å²) in [5, 5.41) is 81.7. The molecule has 1 unspecified atom stereocenters. The summed E-state index contributed by atoms with van der Waals surface area (Å²) in [6.07, 6.45) is -11.8. The monoisotopic (exact) mass is 663 g/mol. The van der Waals surface area contributed by atoms with Crippen LogP contribution in [0.15, 0.2) is 0 Å². The van der Waals surface area contributed by atoms with Crippen molar-refractivity contribution in [3.8, 4) is 0 Å². The zero-order valence-electron chi connectivity index (χ0n) is 25.7. The largest absolute Gasteiger partial charge is 0.394 e. The molecule has 3 aliphatic carbocycles. The van der Waals surface area contributed by atoms with Crippen LogP contribution in [-0.4, -0.2) is 164 Å². The Morgan fingerprint density at radius 1 is 0.870 bits per heavy atom. The topological polar surface area (TPSA) is 341 Å². The molecule has 0 bridgehead atoms. The summed E-state index contributed by atoms with van der Waals surface area (Å²) in [6.45, 7) is -0.329. The molecule has 2 saturated heterocycles. The van der Waals surface area contributed by atoms with Crippen molar-refractivity contribution in [1.82, 2.24) is 10.6 Å². The molecule has 5 aliphatic rings. The number of amides is 1. The summed E-state index contributed by atoms with van der Waals surface area (Å²) < 4.78 is 18.0. The van der Waals surface area contributed by atoms with Crippen molar-refractivity contribution >= 4 is 5.91 Å². The van der Waals surface area contributed by atoms with E-state index in [0.29, 0.717) is 6.54 Å². The molecule has 1 amide bonds. The first-order valence-corrected chi connectivity index (χ1v) is 16.2. The Bertz CT molecular complexity index is 1040. The SMILES string of the molecule is NC[C@H]1O[C@H](C2[C@@H](N)C[C@@H](NC(=O)C3(O)CC(N)C3)[C@H](O[C@H]3O[C@H](CO)[C@@H](O)[C@H](N)[C@H]3O)[C@H]2O)[C@H](NCC2CC(N)C2)[C@@H](O)[C@@H]1O. The highest BCUT2D eigenvalue weighted by atomic mass is 16.7. The van der Waals surface area contributed by atoms with Crippen LogP contribution in [0.5, 0.6) is 0 Å². The second kappa shape index (κ2) is 14.4. The van der Waals surface area contributed by atoms with Gasteiger partial charge in [0.1, 0.15) is 42.2 Å². The minimum Gasteiger partial charge on any atom is -0.394 e. The van der Waals surface area contributed by atoms with Crippen molar-refractivity contribution in [1.29, 1.82) is 0 Å². The molecule has 266 valence electrons. The first kappa shape index (κ1) is 36.1. The average molecular weight is 664 g/mol. The lowest BCUT2D eigenvalue weighted by Gasteiger charge is -2.53. The van der Waals surface area contributed by atoms with Gasteiger partial charge < -0.3 is 89.3 Å². The van der Waals surface area contributed by atoms with Crippen LogP contribution < -0.4 is 39.3 Å². The third kappa shape index (κ3) is 6.95. The van der Waals surface area contributed by atoms with Crippen molar-refractivity contribution in [2.45, 2.75) is 135 Å². The van der Waals surface area contributed by atoms with Crippen LogP contribution in [0.4, 0.5) is 0 Å². The van der Waals surface area contributed by atoms with E-state index in [1.807, 2.05) is 0 Å². The number of nitrogens with one attached hydrogen (secondary N) is 2. The standard InChI is InChI=1S/C28H53N7O11/c29-6-14-20(38)23(41)18(34-7-9-1-10(30)2-9)25(44-14)16-12(32)3-13(35-27(42)28(43)4-11(31)5-28)24(21(16)39)46-26-22(40)17(33)19(37)15(8-36)45-26/h9-26,34,36-41,43H,1-8,29-33H2,(H,35,42)/t9?,10?,11?,12-,13+,14+,15+,16?,17-,18+,19+,20+,21-,22+,23+,24-,25+,26+,28?/m0/s1. The second-order valence-electron chi connectivity index (χ2n) is 14.0. The normalized spacial score (nSPS) is 52.8. The van der Waals surface area contributed by atoms with Gasteiger partial charge in [-0.25, -0.2) is 0 Å². The molecular formula is C28H53N7O11. The number of carbonyl (C=O) groups excluding carboxylic acids is 1. The van der Waals surface area contributed by atoms with Gasteiger partial charge in [0.25, 0.3) is 5.91 Å². The summed E-state index contributed by atoms with van der Waals surface area (Å²) >= 11 is 0. The Labute approximate surface area is 266 Å². The highest BCUT2D eigenvalue weighted by Gasteiger charge is 2.57. The van der Waals surface area contributed by atoms with Gasteiger partial charge in [0, 0.05) is 43.4 Å². The van der Waals surface area contributed by atoms with Gasteiger partial charge in [-0.15, -0.1) is 0 Å². The maximum Gasteiger partial charge on any atom is 0.252 e.